The molecule has 0 radical (unpaired) electrons. The van der Waals surface area contributed by atoms with Crippen LogP contribution in [0.25, 0.3) is 0 Å². The molecule has 0 amide bonds. The van der Waals surface area contributed by atoms with Crippen LogP contribution in [0.2, 0.25) is 10.0 Å². The summed E-state index contributed by atoms with van der Waals surface area (Å²) in [5.74, 6) is 0. The number of nitriles is 2. The Labute approximate surface area is 203 Å². The highest BCUT2D eigenvalue weighted by Gasteiger charge is 2.33. The number of aliphatic hydroxyl groups is 1. The first-order chi connectivity index (χ1) is 16.0. The van der Waals surface area contributed by atoms with Gasteiger partial charge in [-0.05, 0) is 53.6 Å². The van der Waals surface area contributed by atoms with Crippen LogP contribution in [-0.2, 0) is 0 Å². The largest absolute Gasteiger partial charge is 0.394 e. The Morgan fingerprint density at radius 1 is 0.909 bits per heavy atom. The summed E-state index contributed by atoms with van der Waals surface area (Å²) in [5.41, 5.74) is 4.03. The molecule has 1 heterocycles. The van der Waals surface area contributed by atoms with E-state index in [1.807, 2.05) is 42.5 Å². The van der Waals surface area contributed by atoms with Gasteiger partial charge in [0.15, 0.2) is 0 Å². The molecule has 0 bridgehead atoms. The Morgan fingerprint density at radius 3 is 2.18 bits per heavy atom. The van der Waals surface area contributed by atoms with Gasteiger partial charge in [-0.15, -0.1) is 0 Å². The normalized spacial score (nSPS) is 17.2. The summed E-state index contributed by atoms with van der Waals surface area (Å²) in [6.07, 6.45) is 0. The van der Waals surface area contributed by atoms with Gasteiger partial charge < -0.3 is 10.0 Å². The van der Waals surface area contributed by atoms with E-state index in [0.29, 0.717) is 40.8 Å². The molecule has 1 aliphatic rings. The minimum Gasteiger partial charge on any atom is -0.394 e. The van der Waals surface area contributed by atoms with Crippen molar-refractivity contribution >= 4 is 28.9 Å². The van der Waals surface area contributed by atoms with Gasteiger partial charge in [-0.1, -0.05) is 47.5 Å². The fourth-order valence-electron chi connectivity index (χ4n) is 4.37. The standard InChI is InChI=1S/C26H22Cl2N4O/c27-22-8-6-20(7-9-22)25-16-31(26(17-33)21-4-1-18(14-29)2-5-21)11-12-32(25)24-10-3-19(15-30)13-23(24)28/h1-10,13,25-26,33H,11-12,16-17H2/t25-,26+/m0/s1. The van der Waals surface area contributed by atoms with Gasteiger partial charge >= 0.3 is 0 Å². The van der Waals surface area contributed by atoms with Gasteiger partial charge in [-0.2, -0.15) is 10.5 Å². The molecule has 0 aliphatic carbocycles. The van der Waals surface area contributed by atoms with Crippen LogP contribution in [0, 0.1) is 22.7 Å². The van der Waals surface area contributed by atoms with Gasteiger partial charge in [-0.25, -0.2) is 0 Å². The van der Waals surface area contributed by atoms with Gasteiger partial charge in [0.2, 0.25) is 0 Å². The number of benzene rings is 3. The highest BCUT2D eigenvalue weighted by molar-refractivity contribution is 6.33. The topological polar surface area (TPSA) is 74.3 Å². The predicted molar refractivity (Wildman–Crippen MR) is 130 cm³/mol. The zero-order valence-corrected chi connectivity index (χ0v) is 19.3. The van der Waals surface area contributed by atoms with Crippen LogP contribution < -0.4 is 4.90 Å². The van der Waals surface area contributed by atoms with E-state index in [9.17, 15) is 10.4 Å². The molecule has 1 aliphatic heterocycles. The van der Waals surface area contributed by atoms with Crippen molar-refractivity contribution in [3.63, 3.8) is 0 Å². The fraction of sp³-hybridized carbons (Fsp3) is 0.231. The summed E-state index contributed by atoms with van der Waals surface area (Å²) in [7, 11) is 0. The lowest BCUT2D eigenvalue weighted by Crippen LogP contribution is -2.50. The molecule has 1 fully saturated rings. The maximum absolute atomic E-state index is 10.2. The highest BCUT2D eigenvalue weighted by Crippen LogP contribution is 2.38. The Hall–Kier alpha value is -3.06. The van der Waals surface area contributed by atoms with E-state index in [1.165, 1.54) is 0 Å². The third kappa shape index (κ3) is 4.98. The zero-order valence-electron chi connectivity index (χ0n) is 17.8. The van der Waals surface area contributed by atoms with Crippen molar-refractivity contribution in [3.8, 4) is 12.1 Å². The number of aliphatic hydroxyl groups excluding tert-OH is 1. The van der Waals surface area contributed by atoms with Crippen molar-refractivity contribution in [2.24, 2.45) is 0 Å². The van der Waals surface area contributed by atoms with E-state index in [2.05, 4.69) is 21.9 Å². The fourth-order valence-corrected chi connectivity index (χ4v) is 4.78. The summed E-state index contributed by atoms with van der Waals surface area (Å²) >= 11 is 12.7. The molecule has 5 nitrogen and oxygen atoms in total. The molecule has 166 valence electrons. The quantitative estimate of drug-likeness (QED) is 0.538. The monoisotopic (exact) mass is 476 g/mol. The predicted octanol–water partition coefficient (Wildman–Crippen LogP) is 5.33. The lowest BCUT2D eigenvalue weighted by molar-refractivity contribution is 0.103. The molecule has 1 saturated heterocycles. The van der Waals surface area contributed by atoms with Crippen LogP contribution in [0.15, 0.2) is 66.7 Å². The van der Waals surface area contributed by atoms with Gasteiger partial charge in [0.1, 0.15) is 0 Å². The van der Waals surface area contributed by atoms with Crippen molar-refractivity contribution in [2.45, 2.75) is 12.1 Å². The van der Waals surface area contributed by atoms with Crippen molar-refractivity contribution in [3.05, 3.63) is 99.0 Å². The van der Waals surface area contributed by atoms with Crippen LogP contribution in [0.4, 0.5) is 5.69 Å². The summed E-state index contributed by atoms with van der Waals surface area (Å²) in [6, 6.07) is 24.5. The summed E-state index contributed by atoms with van der Waals surface area (Å²) < 4.78 is 0. The Morgan fingerprint density at radius 2 is 1.58 bits per heavy atom. The van der Waals surface area contributed by atoms with Crippen LogP contribution in [-0.4, -0.2) is 36.2 Å². The minimum absolute atomic E-state index is 0.0309. The molecule has 0 unspecified atom stereocenters. The number of piperazine rings is 1. The minimum atomic E-state index is -0.189. The Bertz CT molecular complexity index is 1200. The van der Waals surface area contributed by atoms with Gasteiger partial charge in [0.25, 0.3) is 0 Å². The Kier molecular flexibility index (Phi) is 7.18. The second-order valence-electron chi connectivity index (χ2n) is 7.97. The maximum atomic E-state index is 10.2. The summed E-state index contributed by atoms with van der Waals surface area (Å²) in [6.45, 7) is 2.03. The van der Waals surface area contributed by atoms with Crippen LogP contribution in [0.3, 0.4) is 0 Å². The van der Waals surface area contributed by atoms with E-state index < -0.39 is 0 Å². The first kappa shape index (κ1) is 23.1. The van der Waals surface area contributed by atoms with Crippen LogP contribution in [0.1, 0.15) is 34.3 Å². The average Bonchev–Trinajstić information content (AvgIpc) is 2.85. The molecule has 7 heteroatoms. The maximum Gasteiger partial charge on any atom is 0.0992 e. The van der Waals surface area contributed by atoms with E-state index in [1.54, 1.807) is 24.3 Å². The average molecular weight is 477 g/mol. The Balaban J connectivity index is 1.68. The van der Waals surface area contributed by atoms with Crippen molar-refractivity contribution in [1.82, 2.24) is 4.90 Å². The van der Waals surface area contributed by atoms with Crippen molar-refractivity contribution in [1.29, 1.82) is 10.5 Å². The number of anilines is 1. The van der Waals surface area contributed by atoms with Gasteiger partial charge in [0, 0.05) is 24.7 Å². The van der Waals surface area contributed by atoms with E-state index in [4.69, 9.17) is 28.5 Å². The molecule has 0 spiro atoms. The van der Waals surface area contributed by atoms with Crippen molar-refractivity contribution in [2.75, 3.05) is 31.1 Å². The molecule has 2 atom stereocenters. The lowest BCUT2D eigenvalue weighted by Gasteiger charge is -2.46. The van der Waals surface area contributed by atoms with Crippen LogP contribution in [0.5, 0.6) is 0 Å². The van der Waals surface area contributed by atoms with Crippen molar-refractivity contribution < 1.29 is 5.11 Å². The molecule has 3 aromatic rings. The third-order valence-corrected chi connectivity index (χ3v) is 6.65. The molecule has 0 aromatic heterocycles. The third-order valence-electron chi connectivity index (χ3n) is 6.09. The molecular weight excluding hydrogens is 455 g/mol. The van der Waals surface area contributed by atoms with Crippen LogP contribution >= 0.6 is 23.2 Å². The molecule has 0 saturated carbocycles. The first-order valence-electron chi connectivity index (χ1n) is 10.6. The number of rotatable bonds is 5. The molecule has 1 N–H and O–H groups in total. The summed E-state index contributed by atoms with van der Waals surface area (Å²) in [4.78, 5) is 4.51. The van der Waals surface area contributed by atoms with E-state index in [-0.39, 0.29) is 18.7 Å². The molecule has 33 heavy (non-hydrogen) atoms. The smallest absolute Gasteiger partial charge is 0.0992 e. The number of halogens is 2. The van der Waals surface area contributed by atoms with Gasteiger partial charge in [0.05, 0.1) is 52.7 Å². The zero-order chi connectivity index (χ0) is 23.4. The highest BCUT2D eigenvalue weighted by atomic mass is 35.5. The molecule has 3 aromatic carbocycles. The van der Waals surface area contributed by atoms with Gasteiger partial charge in [-0.3, -0.25) is 4.90 Å². The van der Waals surface area contributed by atoms with E-state index >= 15 is 0 Å². The number of hydrogen-bond donors (Lipinski definition) is 1. The first-order valence-corrected chi connectivity index (χ1v) is 11.4. The second-order valence-corrected chi connectivity index (χ2v) is 8.81. The molecular formula is C26H22Cl2N4O. The summed E-state index contributed by atoms with van der Waals surface area (Å²) in [5, 5.41) is 29.7. The second kappa shape index (κ2) is 10.3. The number of hydrogen-bond acceptors (Lipinski definition) is 5. The van der Waals surface area contributed by atoms with E-state index in [0.717, 1.165) is 16.8 Å². The molecule has 4 rings (SSSR count). The SMILES string of the molecule is N#Cc1ccc([C@@H](CO)N2CCN(c3ccc(C#N)cc3Cl)[C@H](c3ccc(Cl)cc3)C2)cc1. The number of nitrogens with zero attached hydrogens (tertiary/aromatic N) is 4. The lowest BCUT2D eigenvalue weighted by atomic mass is 9.97.